The summed E-state index contributed by atoms with van der Waals surface area (Å²) in [5.74, 6) is -0.814. The van der Waals surface area contributed by atoms with Gasteiger partial charge in [-0.2, -0.15) is 0 Å². The Hall–Kier alpha value is -1.26. The average molecular weight is 270 g/mol. The summed E-state index contributed by atoms with van der Waals surface area (Å²) in [4.78, 5) is 24.3. The number of urea groups is 1. The maximum atomic E-state index is 12.1. The van der Waals surface area contributed by atoms with Gasteiger partial charge in [0, 0.05) is 25.6 Å². The van der Waals surface area contributed by atoms with Crippen LogP contribution in [-0.4, -0.2) is 41.1 Å². The van der Waals surface area contributed by atoms with Gasteiger partial charge in [-0.3, -0.25) is 4.79 Å². The van der Waals surface area contributed by atoms with E-state index >= 15 is 0 Å². The average Bonchev–Trinajstić information content (AvgIpc) is 2.28. The van der Waals surface area contributed by atoms with Crippen LogP contribution in [0, 0.1) is 5.41 Å². The number of carboxylic acids is 1. The van der Waals surface area contributed by atoms with Crippen LogP contribution in [0.1, 0.15) is 52.9 Å². The molecule has 0 atom stereocenters. The van der Waals surface area contributed by atoms with Crippen LogP contribution in [0.25, 0.3) is 0 Å². The number of hydrogen-bond acceptors (Lipinski definition) is 2. The maximum Gasteiger partial charge on any atom is 0.317 e. The zero-order chi connectivity index (χ0) is 14.5. The SMILES string of the molecule is CC(C)N(CCCC(=O)O)C(=O)NCC1(C)CCC1. The zero-order valence-electron chi connectivity index (χ0n) is 12.2. The Morgan fingerprint density at radius 2 is 2.00 bits per heavy atom. The number of nitrogens with zero attached hydrogens (tertiary/aromatic N) is 1. The van der Waals surface area contributed by atoms with Gasteiger partial charge in [0.2, 0.25) is 0 Å². The first-order valence-electron chi connectivity index (χ1n) is 7.10. The van der Waals surface area contributed by atoms with Crippen molar-refractivity contribution < 1.29 is 14.7 Å². The fourth-order valence-corrected chi connectivity index (χ4v) is 2.34. The second kappa shape index (κ2) is 6.78. The van der Waals surface area contributed by atoms with Crippen LogP contribution in [0.4, 0.5) is 4.79 Å². The number of amides is 2. The number of nitrogens with one attached hydrogen (secondary N) is 1. The predicted octanol–water partition coefficient (Wildman–Crippen LogP) is 2.46. The van der Waals surface area contributed by atoms with Crippen LogP contribution in [0.5, 0.6) is 0 Å². The highest BCUT2D eigenvalue weighted by atomic mass is 16.4. The minimum absolute atomic E-state index is 0.0755. The molecule has 19 heavy (non-hydrogen) atoms. The van der Waals surface area contributed by atoms with Crippen LogP contribution < -0.4 is 5.32 Å². The molecule has 0 saturated heterocycles. The summed E-state index contributed by atoms with van der Waals surface area (Å²) in [6.45, 7) is 7.30. The lowest BCUT2D eigenvalue weighted by molar-refractivity contribution is -0.137. The van der Waals surface area contributed by atoms with Gasteiger partial charge in [-0.25, -0.2) is 4.79 Å². The summed E-state index contributed by atoms with van der Waals surface area (Å²) < 4.78 is 0. The third-order valence-corrected chi connectivity index (χ3v) is 3.90. The second-order valence-corrected chi connectivity index (χ2v) is 6.11. The summed E-state index contributed by atoms with van der Waals surface area (Å²) in [5.41, 5.74) is 0.263. The Balaban J connectivity index is 2.36. The van der Waals surface area contributed by atoms with E-state index in [1.807, 2.05) is 13.8 Å². The van der Waals surface area contributed by atoms with Crippen molar-refractivity contribution in [2.45, 2.75) is 58.9 Å². The molecule has 0 aromatic heterocycles. The highest BCUT2D eigenvalue weighted by Crippen LogP contribution is 2.39. The Labute approximate surface area is 115 Å². The van der Waals surface area contributed by atoms with Gasteiger partial charge in [-0.05, 0) is 38.5 Å². The van der Waals surface area contributed by atoms with Crippen LogP contribution >= 0.6 is 0 Å². The molecule has 1 rings (SSSR count). The summed E-state index contributed by atoms with van der Waals surface area (Å²) in [5, 5.41) is 11.6. The molecule has 0 spiro atoms. The molecule has 110 valence electrons. The number of aliphatic carboxylic acids is 1. The maximum absolute atomic E-state index is 12.1. The Morgan fingerprint density at radius 1 is 1.37 bits per heavy atom. The topological polar surface area (TPSA) is 69.6 Å². The summed E-state index contributed by atoms with van der Waals surface area (Å²) in [6, 6.07) is 0.0107. The Kier molecular flexibility index (Phi) is 5.63. The van der Waals surface area contributed by atoms with Gasteiger partial charge in [-0.1, -0.05) is 13.3 Å². The van der Waals surface area contributed by atoms with Gasteiger partial charge < -0.3 is 15.3 Å². The van der Waals surface area contributed by atoms with Crippen molar-refractivity contribution in [3.63, 3.8) is 0 Å². The highest BCUT2D eigenvalue weighted by molar-refractivity contribution is 5.74. The van der Waals surface area contributed by atoms with E-state index in [4.69, 9.17) is 5.11 Å². The van der Waals surface area contributed by atoms with E-state index in [-0.39, 0.29) is 23.9 Å². The zero-order valence-corrected chi connectivity index (χ0v) is 12.2. The van der Waals surface area contributed by atoms with E-state index in [1.165, 1.54) is 19.3 Å². The lowest BCUT2D eigenvalue weighted by Gasteiger charge is -2.39. The normalized spacial score (nSPS) is 16.8. The van der Waals surface area contributed by atoms with Crippen LogP contribution in [0.2, 0.25) is 0 Å². The number of carbonyl (C=O) groups is 2. The highest BCUT2D eigenvalue weighted by Gasteiger charge is 2.32. The van der Waals surface area contributed by atoms with Gasteiger partial charge in [0.15, 0.2) is 0 Å². The van der Waals surface area contributed by atoms with Gasteiger partial charge in [0.25, 0.3) is 0 Å². The Bertz CT molecular complexity index is 325. The lowest BCUT2D eigenvalue weighted by Crippen LogP contribution is -2.48. The fraction of sp³-hybridized carbons (Fsp3) is 0.857. The van der Waals surface area contributed by atoms with Crippen molar-refractivity contribution in [1.82, 2.24) is 10.2 Å². The van der Waals surface area contributed by atoms with Crippen LogP contribution in [-0.2, 0) is 4.79 Å². The van der Waals surface area contributed by atoms with Crippen molar-refractivity contribution in [3.8, 4) is 0 Å². The van der Waals surface area contributed by atoms with Gasteiger partial charge in [-0.15, -0.1) is 0 Å². The molecule has 0 radical (unpaired) electrons. The van der Waals surface area contributed by atoms with Crippen molar-refractivity contribution in [2.24, 2.45) is 5.41 Å². The first kappa shape index (κ1) is 15.8. The minimum Gasteiger partial charge on any atom is -0.481 e. The minimum atomic E-state index is -0.814. The summed E-state index contributed by atoms with van der Waals surface area (Å²) in [6.07, 6.45) is 4.20. The monoisotopic (exact) mass is 270 g/mol. The van der Waals surface area contributed by atoms with Crippen LogP contribution in [0.15, 0.2) is 0 Å². The lowest BCUT2D eigenvalue weighted by atomic mass is 9.70. The molecule has 1 aliphatic rings. The number of carbonyl (C=O) groups excluding carboxylic acids is 1. The van der Waals surface area contributed by atoms with Gasteiger partial charge >= 0.3 is 12.0 Å². The van der Waals surface area contributed by atoms with Crippen molar-refractivity contribution in [1.29, 1.82) is 0 Å². The van der Waals surface area contributed by atoms with Crippen molar-refractivity contribution in [2.75, 3.05) is 13.1 Å². The molecule has 2 amide bonds. The molecule has 1 saturated carbocycles. The van der Waals surface area contributed by atoms with Crippen LogP contribution in [0.3, 0.4) is 0 Å². The molecular weight excluding hydrogens is 244 g/mol. The molecule has 1 aliphatic carbocycles. The van der Waals surface area contributed by atoms with E-state index in [2.05, 4.69) is 12.2 Å². The molecule has 0 bridgehead atoms. The third-order valence-electron chi connectivity index (χ3n) is 3.90. The molecule has 0 unspecified atom stereocenters. The molecule has 1 fully saturated rings. The number of rotatable bonds is 7. The number of hydrogen-bond donors (Lipinski definition) is 2. The molecule has 0 heterocycles. The third kappa shape index (κ3) is 5.09. The van der Waals surface area contributed by atoms with Gasteiger partial charge in [0.1, 0.15) is 0 Å². The smallest absolute Gasteiger partial charge is 0.317 e. The van der Waals surface area contributed by atoms with Crippen molar-refractivity contribution >= 4 is 12.0 Å². The number of carboxylic acid groups (broad SMARTS) is 1. The predicted molar refractivity (Wildman–Crippen MR) is 74.1 cm³/mol. The Morgan fingerprint density at radius 3 is 2.42 bits per heavy atom. The first-order chi connectivity index (χ1) is 8.84. The molecule has 0 aromatic rings. The van der Waals surface area contributed by atoms with E-state index in [9.17, 15) is 9.59 Å². The molecule has 2 N–H and O–H groups in total. The standard InChI is InChI=1S/C14H26N2O3/c1-11(2)16(9-4-6-12(17)18)13(19)15-10-14(3)7-5-8-14/h11H,4-10H2,1-3H3,(H,15,19)(H,17,18). The van der Waals surface area contributed by atoms with E-state index in [0.29, 0.717) is 19.5 Å². The van der Waals surface area contributed by atoms with Gasteiger partial charge in [0.05, 0.1) is 0 Å². The molecule has 5 heteroatoms. The quantitative estimate of drug-likeness (QED) is 0.746. The largest absolute Gasteiger partial charge is 0.481 e. The molecule has 5 nitrogen and oxygen atoms in total. The van der Waals surface area contributed by atoms with E-state index in [1.54, 1.807) is 4.90 Å². The summed E-state index contributed by atoms with van der Waals surface area (Å²) >= 11 is 0. The van der Waals surface area contributed by atoms with Crippen molar-refractivity contribution in [3.05, 3.63) is 0 Å². The summed E-state index contributed by atoms with van der Waals surface area (Å²) in [7, 11) is 0. The first-order valence-corrected chi connectivity index (χ1v) is 7.10. The second-order valence-electron chi connectivity index (χ2n) is 6.11. The molecule has 0 aromatic carbocycles. The van der Waals surface area contributed by atoms with E-state index in [0.717, 1.165) is 0 Å². The van der Waals surface area contributed by atoms with E-state index < -0.39 is 5.97 Å². The molecule has 0 aliphatic heterocycles. The molecular formula is C14H26N2O3. The fourth-order valence-electron chi connectivity index (χ4n) is 2.34.